The van der Waals surface area contributed by atoms with E-state index in [-0.39, 0.29) is 12.4 Å². The summed E-state index contributed by atoms with van der Waals surface area (Å²) in [6, 6.07) is 5.04. The molecule has 114 valence electrons. The maximum atomic E-state index is 13.4. The third-order valence-corrected chi connectivity index (χ3v) is 3.00. The fraction of sp³-hybridized carbons (Fsp3) is 0.600. The van der Waals surface area contributed by atoms with E-state index in [4.69, 9.17) is 4.74 Å². The van der Waals surface area contributed by atoms with Gasteiger partial charge in [0.15, 0.2) is 0 Å². The van der Waals surface area contributed by atoms with Crippen LogP contribution in [-0.2, 0) is 11.3 Å². The lowest BCUT2D eigenvalue weighted by atomic mass is 10.1. The third kappa shape index (κ3) is 5.45. The van der Waals surface area contributed by atoms with Gasteiger partial charge in [0, 0.05) is 39.0 Å². The molecule has 0 saturated heterocycles. The van der Waals surface area contributed by atoms with Gasteiger partial charge in [0.2, 0.25) is 0 Å². The molecule has 0 amide bonds. The van der Waals surface area contributed by atoms with E-state index in [1.807, 2.05) is 25.8 Å². The lowest BCUT2D eigenvalue weighted by Crippen LogP contribution is -2.33. The van der Waals surface area contributed by atoms with Gasteiger partial charge >= 0.3 is 0 Å². The third-order valence-electron chi connectivity index (χ3n) is 3.00. The second-order valence-electron chi connectivity index (χ2n) is 5.30. The fourth-order valence-corrected chi connectivity index (χ4v) is 2.04. The molecule has 1 aromatic carbocycles. The summed E-state index contributed by atoms with van der Waals surface area (Å²) >= 11 is 0. The molecule has 0 aliphatic rings. The maximum Gasteiger partial charge on any atom is 0.123 e. The zero-order valence-electron chi connectivity index (χ0n) is 12.7. The number of methoxy groups -OCH3 is 1. The van der Waals surface area contributed by atoms with Gasteiger partial charge in [-0.05, 0) is 23.8 Å². The van der Waals surface area contributed by atoms with E-state index in [0.29, 0.717) is 19.1 Å². The number of ether oxygens (including phenoxy) is 1. The summed E-state index contributed by atoms with van der Waals surface area (Å²) in [5.41, 5.74) is 1.79. The summed E-state index contributed by atoms with van der Waals surface area (Å²) in [6.07, 6.45) is -0.569. The van der Waals surface area contributed by atoms with Gasteiger partial charge in [-0.1, -0.05) is 13.8 Å². The number of nitrogens with zero attached hydrogens (tertiary/aromatic N) is 1. The van der Waals surface area contributed by atoms with Crippen LogP contribution in [0.15, 0.2) is 18.2 Å². The summed E-state index contributed by atoms with van der Waals surface area (Å²) in [6.45, 7) is 5.41. The molecule has 20 heavy (non-hydrogen) atoms. The van der Waals surface area contributed by atoms with Crippen LogP contribution in [0.25, 0.3) is 0 Å². The van der Waals surface area contributed by atoms with Gasteiger partial charge in [-0.3, -0.25) is 0 Å². The number of anilines is 1. The van der Waals surface area contributed by atoms with Crippen LogP contribution in [-0.4, -0.2) is 44.6 Å². The van der Waals surface area contributed by atoms with Crippen molar-refractivity contribution < 1.29 is 14.2 Å². The Labute approximate surface area is 120 Å². The van der Waals surface area contributed by atoms with E-state index >= 15 is 0 Å². The molecule has 1 atom stereocenters. The first-order chi connectivity index (χ1) is 9.43. The van der Waals surface area contributed by atoms with E-state index < -0.39 is 6.10 Å². The van der Waals surface area contributed by atoms with Crippen LogP contribution in [0, 0.1) is 5.82 Å². The number of benzene rings is 1. The molecule has 1 rings (SSSR count). The van der Waals surface area contributed by atoms with Crippen molar-refractivity contribution in [3.05, 3.63) is 29.6 Å². The Hall–Kier alpha value is -1.17. The quantitative estimate of drug-likeness (QED) is 0.763. The number of hydrogen-bond acceptors (Lipinski definition) is 4. The van der Waals surface area contributed by atoms with Crippen molar-refractivity contribution in [3.8, 4) is 0 Å². The van der Waals surface area contributed by atoms with Crippen LogP contribution in [0.4, 0.5) is 10.1 Å². The Morgan fingerprint density at radius 2 is 2.10 bits per heavy atom. The molecule has 0 spiro atoms. The average Bonchev–Trinajstić information content (AvgIpc) is 2.36. The highest BCUT2D eigenvalue weighted by Gasteiger charge is 2.13. The first-order valence-corrected chi connectivity index (χ1v) is 6.84. The molecule has 1 unspecified atom stereocenters. The highest BCUT2D eigenvalue weighted by molar-refractivity contribution is 5.53. The van der Waals surface area contributed by atoms with Crippen LogP contribution >= 0.6 is 0 Å². The molecule has 0 aliphatic heterocycles. The number of likely N-dealkylation sites (N-methyl/N-ethyl adjacent to an activating group) is 1. The minimum atomic E-state index is -0.569. The lowest BCUT2D eigenvalue weighted by molar-refractivity contribution is 0.0695. The van der Waals surface area contributed by atoms with Crippen LogP contribution in [0.1, 0.15) is 19.4 Å². The predicted molar refractivity (Wildman–Crippen MR) is 79.5 cm³/mol. The molecule has 5 heteroatoms. The first-order valence-electron chi connectivity index (χ1n) is 6.84. The van der Waals surface area contributed by atoms with Gasteiger partial charge < -0.3 is 20.1 Å². The first kappa shape index (κ1) is 16.9. The predicted octanol–water partition coefficient (Wildman–Crippen LogP) is 1.77. The van der Waals surface area contributed by atoms with E-state index in [2.05, 4.69) is 5.32 Å². The Balaban J connectivity index is 2.81. The molecule has 0 aromatic heterocycles. The molecular formula is C15H25FN2O2. The number of rotatable bonds is 8. The zero-order valence-corrected chi connectivity index (χ0v) is 12.7. The van der Waals surface area contributed by atoms with Crippen LogP contribution < -0.4 is 10.2 Å². The Morgan fingerprint density at radius 3 is 2.70 bits per heavy atom. The smallest absolute Gasteiger partial charge is 0.123 e. The summed E-state index contributed by atoms with van der Waals surface area (Å²) in [5.74, 6) is -0.250. The Morgan fingerprint density at radius 1 is 1.40 bits per heavy atom. The SMILES string of the molecule is COCC(O)CN(C)c1ccc(F)cc1CNC(C)C. The van der Waals surface area contributed by atoms with Gasteiger partial charge in [0.1, 0.15) is 5.82 Å². The van der Waals surface area contributed by atoms with Crippen LogP contribution in [0.3, 0.4) is 0 Å². The van der Waals surface area contributed by atoms with Crippen molar-refractivity contribution in [2.45, 2.75) is 32.5 Å². The van der Waals surface area contributed by atoms with Gasteiger partial charge in [-0.2, -0.15) is 0 Å². The average molecular weight is 284 g/mol. The molecule has 0 radical (unpaired) electrons. The highest BCUT2D eigenvalue weighted by atomic mass is 19.1. The topological polar surface area (TPSA) is 44.7 Å². The number of aliphatic hydroxyl groups excluding tert-OH is 1. The monoisotopic (exact) mass is 284 g/mol. The van der Waals surface area contributed by atoms with Crippen molar-refractivity contribution in [2.24, 2.45) is 0 Å². The summed E-state index contributed by atoms with van der Waals surface area (Å²) in [7, 11) is 3.43. The number of aliphatic hydroxyl groups is 1. The second-order valence-corrected chi connectivity index (χ2v) is 5.30. The zero-order chi connectivity index (χ0) is 15.1. The van der Waals surface area contributed by atoms with E-state index in [0.717, 1.165) is 11.3 Å². The molecule has 0 fully saturated rings. The van der Waals surface area contributed by atoms with E-state index in [1.54, 1.807) is 13.2 Å². The van der Waals surface area contributed by atoms with Crippen LogP contribution in [0.5, 0.6) is 0 Å². The molecule has 2 N–H and O–H groups in total. The summed E-state index contributed by atoms with van der Waals surface area (Å²) < 4.78 is 18.3. The number of halogens is 1. The number of hydrogen-bond donors (Lipinski definition) is 2. The van der Waals surface area contributed by atoms with Crippen molar-refractivity contribution in [3.63, 3.8) is 0 Å². The lowest BCUT2D eigenvalue weighted by Gasteiger charge is -2.25. The van der Waals surface area contributed by atoms with E-state index in [1.165, 1.54) is 12.1 Å². The summed E-state index contributed by atoms with van der Waals surface area (Å²) in [4.78, 5) is 1.92. The molecule has 0 bridgehead atoms. The molecule has 1 aromatic rings. The Kier molecular flexibility index (Phi) is 6.91. The largest absolute Gasteiger partial charge is 0.389 e. The van der Waals surface area contributed by atoms with Gasteiger partial charge in [-0.15, -0.1) is 0 Å². The standard InChI is InChI=1S/C15H25FN2O2/c1-11(2)17-8-12-7-13(16)5-6-15(12)18(3)9-14(19)10-20-4/h5-7,11,14,17,19H,8-10H2,1-4H3. The number of nitrogens with one attached hydrogen (secondary N) is 1. The van der Waals surface area contributed by atoms with Crippen molar-refractivity contribution in [2.75, 3.05) is 32.2 Å². The molecular weight excluding hydrogens is 259 g/mol. The maximum absolute atomic E-state index is 13.4. The highest BCUT2D eigenvalue weighted by Crippen LogP contribution is 2.21. The molecule has 0 saturated carbocycles. The fourth-order valence-electron chi connectivity index (χ4n) is 2.04. The van der Waals surface area contributed by atoms with Gasteiger partial charge in [0.05, 0.1) is 12.7 Å². The minimum absolute atomic E-state index is 0.250. The van der Waals surface area contributed by atoms with Crippen LogP contribution in [0.2, 0.25) is 0 Å². The van der Waals surface area contributed by atoms with Crippen molar-refractivity contribution >= 4 is 5.69 Å². The Bertz CT molecular complexity index is 413. The molecule has 4 nitrogen and oxygen atoms in total. The van der Waals surface area contributed by atoms with Crippen molar-refractivity contribution in [1.29, 1.82) is 0 Å². The van der Waals surface area contributed by atoms with Gasteiger partial charge in [0.25, 0.3) is 0 Å². The normalized spacial score (nSPS) is 12.8. The van der Waals surface area contributed by atoms with Crippen molar-refractivity contribution in [1.82, 2.24) is 5.32 Å². The molecule has 0 aliphatic carbocycles. The molecule has 0 heterocycles. The van der Waals surface area contributed by atoms with E-state index in [9.17, 15) is 9.50 Å². The minimum Gasteiger partial charge on any atom is -0.389 e. The van der Waals surface area contributed by atoms with Gasteiger partial charge in [-0.25, -0.2) is 4.39 Å². The summed E-state index contributed by atoms with van der Waals surface area (Å²) in [5, 5.41) is 13.1. The second kappa shape index (κ2) is 8.19.